The van der Waals surface area contributed by atoms with Crippen molar-refractivity contribution in [3.05, 3.63) is 29.2 Å². The molecule has 0 saturated heterocycles. The first-order valence-electron chi connectivity index (χ1n) is 8.71. The highest BCUT2D eigenvalue weighted by Crippen LogP contribution is 2.31. The molecule has 6 nitrogen and oxygen atoms in total. The molecule has 2 aromatic heterocycles. The minimum Gasteiger partial charge on any atom is -0.424 e. The van der Waals surface area contributed by atoms with Gasteiger partial charge < -0.3 is 4.42 Å². The predicted octanol–water partition coefficient (Wildman–Crippen LogP) is 3.21. The average molecular weight is 317 g/mol. The van der Waals surface area contributed by atoms with Crippen LogP contribution in [0.1, 0.15) is 75.7 Å². The Morgan fingerprint density at radius 3 is 2.91 bits per heavy atom. The van der Waals surface area contributed by atoms with E-state index in [9.17, 15) is 0 Å². The van der Waals surface area contributed by atoms with Crippen molar-refractivity contribution in [2.24, 2.45) is 5.92 Å². The molecule has 6 heteroatoms. The Bertz CT molecular complexity index is 645. The molecule has 0 aromatic carbocycles. The lowest BCUT2D eigenvalue weighted by Gasteiger charge is -2.26. The van der Waals surface area contributed by atoms with E-state index in [2.05, 4.69) is 53.0 Å². The topological polar surface area (TPSA) is 68.8 Å². The number of hydrogen-bond acceptors (Lipinski definition) is 5. The van der Waals surface area contributed by atoms with Crippen molar-refractivity contribution < 1.29 is 4.42 Å². The van der Waals surface area contributed by atoms with E-state index in [4.69, 9.17) is 4.42 Å². The number of aryl methyl sites for hydroxylation is 1. The van der Waals surface area contributed by atoms with Gasteiger partial charge in [-0.25, -0.2) is 0 Å². The maximum atomic E-state index is 5.81. The Hall–Kier alpha value is -1.69. The highest BCUT2D eigenvalue weighted by atomic mass is 16.4. The summed E-state index contributed by atoms with van der Waals surface area (Å²) < 4.78 is 7.92. The van der Waals surface area contributed by atoms with Crippen LogP contribution >= 0.6 is 0 Å². The Kier molecular flexibility index (Phi) is 4.80. The summed E-state index contributed by atoms with van der Waals surface area (Å²) in [6, 6.07) is 0.360. The fourth-order valence-corrected chi connectivity index (χ4v) is 3.31. The molecule has 0 radical (unpaired) electrons. The van der Waals surface area contributed by atoms with Gasteiger partial charge in [-0.1, -0.05) is 13.8 Å². The Morgan fingerprint density at radius 1 is 1.35 bits per heavy atom. The van der Waals surface area contributed by atoms with E-state index < -0.39 is 0 Å². The molecular weight excluding hydrogens is 290 g/mol. The van der Waals surface area contributed by atoms with Gasteiger partial charge in [0.2, 0.25) is 11.8 Å². The first-order valence-corrected chi connectivity index (χ1v) is 8.71. The van der Waals surface area contributed by atoms with E-state index >= 15 is 0 Å². The van der Waals surface area contributed by atoms with Crippen LogP contribution in [0.25, 0.3) is 0 Å². The smallest absolute Gasteiger partial charge is 0.233 e. The van der Waals surface area contributed by atoms with Crippen molar-refractivity contribution in [3.8, 4) is 0 Å². The Labute approximate surface area is 137 Å². The quantitative estimate of drug-likeness (QED) is 0.886. The third kappa shape index (κ3) is 3.47. The fourth-order valence-electron chi connectivity index (χ4n) is 3.31. The van der Waals surface area contributed by atoms with Crippen LogP contribution in [0.5, 0.6) is 0 Å². The summed E-state index contributed by atoms with van der Waals surface area (Å²) >= 11 is 0. The van der Waals surface area contributed by atoms with Crippen molar-refractivity contribution in [1.82, 2.24) is 25.3 Å². The van der Waals surface area contributed by atoms with Gasteiger partial charge in [0.1, 0.15) is 0 Å². The van der Waals surface area contributed by atoms with E-state index in [1.165, 1.54) is 17.7 Å². The second-order valence-electron chi connectivity index (χ2n) is 6.83. The van der Waals surface area contributed by atoms with Gasteiger partial charge in [-0.2, -0.15) is 5.10 Å². The minimum atomic E-state index is 0.0457. The lowest BCUT2D eigenvalue weighted by atomic mass is 9.92. The lowest BCUT2D eigenvalue weighted by Crippen LogP contribution is -2.28. The van der Waals surface area contributed by atoms with Gasteiger partial charge in [-0.3, -0.25) is 10.00 Å². The zero-order valence-electron chi connectivity index (χ0n) is 14.5. The molecule has 3 rings (SSSR count). The third-order valence-corrected chi connectivity index (χ3v) is 4.45. The van der Waals surface area contributed by atoms with E-state index in [0.29, 0.717) is 17.9 Å². The summed E-state index contributed by atoms with van der Waals surface area (Å²) in [5, 5.41) is 16.5. The predicted molar refractivity (Wildman–Crippen MR) is 88.0 cm³/mol. The largest absolute Gasteiger partial charge is 0.424 e. The lowest BCUT2D eigenvalue weighted by molar-refractivity contribution is 0.341. The second-order valence-corrected chi connectivity index (χ2v) is 6.83. The van der Waals surface area contributed by atoms with Crippen LogP contribution in [0, 0.1) is 5.92 Å². The number of nitrogens with one attached hydrogen (secondary N) is 1. The summed E-state index contributed by atoms with van der Waals surface area (Å²) in [6.45, 7) is 9.47. The van der Waals surface area contributed by atoms with Gasteiger partial charge in [0.05, 0.1) is 12.2 Å². The van der Waals surface area contributed by atoms with Crippen LogP contribution in [-0.2, 0) is 19.4 Å². The molecule has 2 atom stereocenters. The maximum Gasteiger partial charge on any atom is 0.233 e. The molecule has 1 aliphatic rings. The van der Waals surface area contributed by atoms with Gasteiger partial charge in [-0.05, 0) is 39.0 Å². The molecule has 0 spiro atoms. The number of rotatable bonds is 6. The highest BCUT2D eigenvalue weighted by Gasteiger charge is 2.26. The van der Waals surface area contributed by atoms with E-state index in [0.717, 1.165) is 31.7 Å². The number of nitrogens with zero attached hydrogens (tertiary/aromatic N) is 4. The van der Waals surface area contributed by atoms with Crippen molar-refractivity contribution in [2.45, 2.75) is 72.0 Å². The normalized spacial score (nSPS) is 19.1. The van der Waals surface area contributed by atoms with Crippen LogP contribution in [0.3, 0.4) is 0 Å². The number of fused-ring (bicyclic) bond motifs is 1. The Balaban J connectivity index is 1.70. The summed E-state index contributed by atoms with van der Waals surface area (Å²) in [7, 11) is 0. The summed E-state index contributed by atoms with van der Waals surface area (Å²) in [6.07, 6.45) is 6.27. The first-order chi connectivity index (χ1) is 11.1. The molecule has 0 bridgehead atoms. The molecule has 0 saturated carbocycles. The molecule has 0 fully saturated rings. The summed E-state index contributed by atoms with van der Waals surface area (Å²) in [5.41, 5.74) is 2.70. The molecule has 2 heterocycles. The van der Waals surface area contributed by atoms with Crippen LogP contribution in [0.15, 0.2) is 10.6 Å². The average Bonchev–Trinajstić information content (AvgIpc) is 3.13. The molecular formula is C17H27N5O. The summed E-state index contributed by atoms with van der Waals surface area (Å²) in [5.74, 6) is 1.93. The van der Waals surface area contributed by atoms with Crippen LogP contribution in [0.2, 0.25) is 0 Å². The number of aromatic nitrogens is 4. The second kappa shape index (κ2) is 6.83. The zero-order valence-corrected chi connectivity index (χ0v) is 14.5. The Morgan fingerprint density at radius 2 is 2.17 bits per heavy atom. The van der Waals surface area contributed by atoms with Crippen LogP contribution < -0.4 is 5.32 Å². The standard InChI is InChI=1S/C17H27N5O/c1-5-22-15-8-6-7-14(13(15)10-18-22)19-12(4)17-21-20-16(23-17)9-11(2)3/h10-12,14,19H,5-9H2,1-4H3. The van der Waals surface area contributed by atoms with Gasteiger partial charge in [-0.15, -0.1) is 10.2 Å². The van der Waals surface area contributed by atoms with E-state index in [-0.39, 0.29) is 6.04 Å². The molecule has 0 aliphatic heterocycles. The highest BCUT2D eigenvalue weighted by molar-refractivity contribution is 5.25. The van der Waals surface area contributed by atoms with Crippen molar-refractivity contribution in [3.63, 3.8) is 0 Å². The summed E-state index contributed by atoms with van der Waals surface area (Å²) in [4.78, 5) is 0. The van der Waals surface area contributed by atoms with E-state index in [1.54, 1.807) is 0 Å². The molecule has 126 valence electrons. The third-order valence-electron chi connectivity index (χ3n) is 4.45. The van der Waals surface area contributed by atoms with E-state index in [1.807, 2.05) is 6.20 Å². The monoisotopic (exact) mass is 317 g/mol. The molecule has 0 amide bonds. The van der Waals surface area contributed by atoms with Crippen LogP contribution in [0.4, 0.5) is 0 Å². The maximum absolute atomic E-state index is 5.81. The van der Waals surface area contributed by atoms with Gasteiger partial charge >= 0.3 is 0 Å². The number of hydrogen-bond donors (Lipinski definition) is 1. The van der Waals surface area contributed by atoms with Gasteiger partial charge in [0.25, 0.3) is 0 Å². The molecule has 2 unspecified atom stereocenters. The van der Waals surface area contributed by atoms with Crippen molar-refractivity contribution in [2.75, 3.05) is 0 Å². The van der Waals surface area contributed by atoms with Gasteiger partial charge in [0.15, 0.2) is 0 Å². The van der Waals surface area contributed by atoms with Crippen LogP contribution in [-0.4, -0.2) is 20.0 Å². The molecule has 1 N–H and O–H groups in total. The fraction of sp³-hybridized carbons (Fsp3) is 0.706. The molecule has 23 heavy (non-hydrogen) atoms. The minimum absolute atomic E-state index is 0.0457. The van der Waals surface area contributed by atoms with Crippen molar-refractivity contribution >= 4 is 0 Å². The zero-order chi connectivity index (χ0) is 16.4. The first kappa shape index (κ1) is 16.2. The SMILES string of the molecule is CCn1ncc2c1CCCC2NC(C)c1nnc(CC(C)C)o1. The molecule has 1 aliphatic carbocycles. The molecule has 2 aromatic rings. The van der Waals surface area contributed by atoms with Gasteiger partial charge in [0, 0.05) is 30.3 Å². The van der Waals surface area contributed by atoms with Crippen molar-refractivity contribution in [1.29, 1.82) is 0 Å².